The van der Waals surface area contributed by atoms with Gasteiger partial charge >= 0.3 is 0 Å². The number of hydrogen-bond acceptors (Lipinski definition) is 4. The van der Waals surface area contributed by atoms with Gasteiger partial charge in [0.05, 0.1) is 24.1 Å². The predicted octanol–water partition coefficient (Wildman–Crippen LogP) is 2.68. The quantitative estimate of drug-likeness (QED) is 0.642. The molecule has 0 aromatic rings. The van der Waals surface area contributed by atoms with Gasteiger partial charge in [-0.25, -0.2) is 0 Å². The fourth-order valence-electron chi connectivity index (χ4n) is 0.598. The summed E-state index contributed by atoms with van der Waals surface area (Å²) in [5.41, 5.74) is -0.747. The number of azo groups is 1. The summed E-state index contributed by atoms with van der Waals surface area (Å²) in [6.45, 7) is 7.24. The molecule has 0 aromatic carbocycles. The van der Waals surface area contributed by atoms with E-state index in [9.17, 15) is 0 Å². The molecule has 4 nitrogen and oxygen atoms in total. The summed E-state index contributed by atoms with van der Waals surface area (Å²) in [6.07, 6.45) is 0.626. The van der Waals surface area contributed by atoms with E-state index >= 15 is 0 Å². The van der Waals surface area contributed by atoms with Gasteiger partial charge in [0.1, 0.15) is 0 Å². The minimum atomic E-state index is -0.747. The van der Waals surface area contributed by atoms with Gasteiger partial charge < -0.3 is 0 Å². The van der Waals surface area contributed by atoms with Gasteiger partial charge in [0.15, 0.2) is 5.54 Å². The molecule has 0 aliphatic carbocycles. The summed E-state index contributed by atoms with van der Waals surface area (Å²) in [6, 6.07) is 4.04. The smallest absolute Gasteiger partial charge is 0.164 e. The first kappa shape index (κ1) is 12.6. The van der Waals surface area contributed by atoms with Gasteiger partial charge in [0.2, 0.25) is 0 Å². The Balaban J connectivity index is 4.46. The molecule has 76 valence electrons. The molecule has 0 aromatic heterocycles. The van der Waals surface area contributed by atoms with Crippen molar-refractivity contribution in [2.45, 2.75) is 45.7 Å². The van der Waals surface area contributed by atoms with E-state index in [0.29, 0.717) is 6.42 Å². The Morgan fingerprint density at radius 2 is 1.93 bits per heavy atom. The zero-order valence-corrected chi connectivity index (χ0v) is 9.15. The van der Waals surface area contributed by atoms with Crippen LogP contribution in [-0.2, 0) is 0 Å². The van der Waals surface area contributed by atoms with E-state index in [0.717, 1.165) is 0 Å². The Morgan fingerprint density at radius 3 is 2.29 bits per heavy atom. The molecule has 0 saturated carbocycles. The van der Waals surface area contributed by atoms with E-state index in [1.807, 2.05) is 13.8 Å². The molecule has 0 aliphatic rings. The second-order valence-electron chi connectivity index (χ2n) is 3.61. The van der Waals surface area contributed by atoms with Gasteiger partial charge in [-0.2, -0.15) is 20.8 Å². The van der Waals surface area contributed by atoms with E-state index in [1.54, 1.807) is 13.8 Å². The number of rotatable bonds is 4. The summed E-state index contributed by atoms with van der Waals surface area (Å²) in [5, 5.41) is 25.4. The van der Waals surface area contributed by atoms with Gasteiger partial charge in [0.25, 0.3) is 0 Å². The highest BCUT2D eigenvalue weighted by atomic mass is 15.2. The molecular weight excluding hydrogens is 176 g/mol. The van der Waals surface area contributed by atoms with Crippen LogP contribution in [-0.4, -0.2) is 11.6 Å². The van der Waals surface area contributed by atoms with E-state index in [4.69, 9.17) is 10.5 Å². The lowest BCUT2D eigenvalue weighted by Crippen LogP contribution is -2.18. The summed E-state index contributed by atoms with van der Waals surface area (Å²) < 4.78 is 0. The summed E-state index contributed by atoms with van der Waals surface area (Å²) in [7, 11) is 0. The highest BCUT2D eigenvalue weighted by Crippen LogP contribution is 2.16. The Bertz CT molecular complexity index is 283. The third kappa shape index (κ3) is 3.53. The molecule has 0 heterocycles. The maximum atomic E-state index is 8.83. The molecule has 0 bridgehead atoms. The van der Waals surface area contributed by atoms with Gasteiger partial charge in [-0.05, 0) is 27.2 Å². The van der Waals surface area contributed by atoms with Gasteiger partial charge in [-0.15, -0.1) is 0 Å². The van der Waals surface area contributed by atoms with Gasteiger partial charge in [-0.3, -0.25) is 0 Å². The van der Waals surface area contributed by atoms with E-state index in [2.05, 4.69) is 22.4 Å². The number of nitriles is 2. The van der Waals surface area contributed by atoms with E-state index in [1.165, 1.54) is 0 Å². The highest BCUT2D eigenvalue weighted by Gasteiger charge is 2.21. The maximum Gasteiger partial charge on any atom is 0.164 e. The topological polar surface area (TPSA) is 72.3 Å². The summed E-state index contributed by atoms with van der Waals surface area (Å²) in [4.78, 5) is 0. The fourth-order valence-corrected chi connectivity index (χ4v) is 0.598. The van der Waals surface area contributed by atoms with Crippen LogP contribution in [0.4, 0.5) is 0 Å². The van der Waals surface area contributed by atoms with Crippen LogP contribution in [0.1, 0.15) is 34.1 Å². The Morgan fingerprint density at radius 1 is 1.36 bits per heavy atom. The van der Waals surface area contributed by atoms with Gasteiger partial charge in [-0.1, -0.05) is 6.92 Å². The molecule has 4 heteroatoms. The van der Waals surface area contributed by atoms with Crippen molar-refractivity contribution in [3.05, 3.63) is 0 Å². The maximum absolute atomic E-state index is 8.83. The Hall–Kier alpha value is -1.42. The van der Waals surface area contributed by atoms with Crippen molar-refractivity contribution in [2.75, 3.05) is 0 Å². The monoisotopic (exact) mass is 192 g/mol. The first-order valence-corrected chi connectivity index (χ1v) is 4.72. The predicted molar refractivity (Wildman–Crippen MR) is 53.4 cm³/mol. The van der Waals surface area contributed by atoms with Crippen LogP contribution in [0.25, 0.3) is 0 Å². The third-order valence-electron chi connectivity index (χ3n) is 2.32. The SMILES string of the molecule is CCC(C)(C#N)N=NC(C)C(C)C#N. The normalized spacial score (nSPS) is 19.3. The molecule has 0 radical (unpaired) electrons. The number of hydrogen-bond donors (Lipinski definition) is 0. The van der Waals surface area contributed by atoms with Crippen molar-refractivity contribution in [1.29, 1.82) is 10.5 Å². The van der Waals surface area contributed by atoms with Crippen molar-refractivity contribution in [3.8, 4) is 12.1 Å². The molecule has 0 rings (SSSR count). The third-order valence-corrected chi connectivity index (χ3v) is 2.32. The van der Waals surface area contributed by atoms with E-state index < -0.39 is 5.54 Å². The van der Waals surface area contributed by atoms with Crippen LogP contribution in [0.2, 0.25) is 0 Å². The molecule has 3 atom stereocenters. The molecular formula is C10H16N4. The molecule has 3 unspecified atom stereocenters. The molecule has 0 spiro atoms. The fraction of sp³-hybridized carbons (Fsp3) is 0.800. The van der Waals surface area contributed by atoms with Crippen LogP contribution in [0.5, 0.6) is 0 Å². The molecule has 0 amide bonds. The average molecular weight is 192 g/mol. The van der Waals surface area contributed by atoms with Crippen molar-refractivity contribution in [2.24, 2.45) is 16.1 Å². The average Bonchev–Trinajstić information content (AvgIpc) is 2.24. The Labute approximate surface area is 85.3 Å². The minimum Gasteiger partial charge on any atom is -0.198 e. The largest absolute Gasteiger partial charge is 0.198 e. The van der Waals surface area contributed by atoms with Crippen molar-refractivity contribution >= 4 is 0 Å². The first-order chi connectivity index (χ1) is 6.49. The molecule has 0 N–H and O–H groups in total. The first-order valence-electron chi connectivity index (χ1n) is 4.72. The molecule has 14 heavy (non-hydrogen) atoms. The second kappa shape index (κ2) is 5.34. The summed E-state index contributed by atoms with van der Waals surface area (Å²) in [5.74, 6) is -0.168. The summed E-state index contributed by atoms with van der Waals surface area (Å²) >= 11 is 0. The number of nitrogens with zero attached hydrogens (tertiary/aromatic N) is 4. The zero-order valence-electron chi connectivity index (χ0n) is 9.15. The van der Waals surface area contributed by atoms with Crippen LogP contribution in [0.15, 0.2) is 10.2 Å². The molecule has 0 fully saturated rings. The molecule has 0 aliphatic heterocycles. The van der Waals surface area contributed by atoms with E-state index in [-0.39, 0.29) is 12.0 Å². The Kier molecular flexibility index (Phi) is 4.80. The van der Waals surface area contributed by atoms with Crippen LogP contribution in [0, 0.1) is 28.6 Å². The van der Waals surface area contributed by atoms with Crippen LogP contribution < -0.4 is 0 Å². The minimum absolute atomic E-state index is 0.153. The highest BCUT2D eigenvalue weighted by molar-refractivity contribution is 5.02. The lowest BCUT2D eigenvalue weighted by molar-refractivity contribution is 0.489. The standard InChI is InChI=1S/C10H16N4/c1-5-10(4,7-12)14-13-9(3)8(2)6-11/h8-9H,5H2,1-4H3. The zero-order chi connectivity index (χ0) is 11.2. The van der Waals surface area contributed by atoms with Gasteiger partial charge in [0, 0.05) is 0 Å². The second-order valence-corrected chi connectivity index (χ2v) is 3.61. The van der Waals surface area contributed by atoms with Crippen molar-refractivity contribution in [1.82, 2.24) is 0 Å². The van der Waals surface area contributed by atoms with Crippen LogP contribution in [0.3, 0.4) is 0 Å². The lowest BCUT2D eigenvalue weighted by Gasteiger charge is -2.13. The van der Waals surface area contributed by atoms with Crippen molar-refractivity contribution < 1.29 is 0 Å². The van der Waals surface area contributed by atoms with Crippen molar-refractivity contribution in [3.63, 3.8) is 0 Å². The lowest BCUT2D eigenvalue weighted by atomic mass is 10.0. The van der Waals surface area contributed by atoms with Crippen LogP contribution >= 0.6 is 0 Å². The molecule has 0 saturated heterocycles.